The summed E-state index contributed by atoms with van der Waals surface area (Å²) in [6.07, 6.45) is 0. The van der Waals surface area contributed by atoms with Crippen molar-refractivity contribution in [3.05, 3.63) is 0 Å². The van der Waals surface area contributed by atoms with Gasteiger partial charge in [-0.25, -0.2) is 15.8 Å². The van der Waals surface area contributed by atoms with Gasteiger partial charge in [0.2, 0.25) is 0 Å². The summed E-state index contributed by atoms with van der Waals surface area (Å²) < 4.78 is 0. The molecule has 48 valence electrons. The summed E-state index contributed by atoms with van der Waals surface area (Å²) >= 11 is 11.1. The van der Waals surface area contributed by atoms with E-state index in [1.165, 1.54) is 16.2 Å². The Morgan fingerprint density at radius 2 is 0.700 bits per heavy atom. The van der Waals surface area contributed by atoms with Crippen molar-refractivity contribution in [2.45, 2.75) is 0 Å². The van der Waals surface area contributed by atoms with Crippen LogP contribution in [0.1, 0.15) is 0 Å². The first-order valence-electron chi connectivity index (χ1n) is 1.28. The zero-order valence-electron chi connectivity index (χ0n) is 4.77. The van der Waals surface area contributed by atoms with E-state index in [9.17, 15) is 0 Å². The van der Waals surface area contributed by atoms with Gasteiger partial charge < -0.3 is 37.9 Å². The van der Waals surface area contributed by atoms with Gasteiger partial charge in [0.15, 0.2) is 0 Å². The maximum Gasteiger partial charge on any atom is 2.00 e. The van der Waals surface area contributed by atoms with Gasteiger partial charge in [-0.15, -0.1) is 0 Å². The zero-order valence-corrected chi connectivity index (χ0v) is 9.43. The van der Waals surface area contributed by atoms with E-state index >= 15 is 0 Å². The van der Waals surface area contributed by atoms with Crippen LogP contribution < -0.4 is 0 Å². The molecule has 0 aromatic heterocycles. The number of hydrogen-bond donors (Lipinski definition) is 0. The molecule has 0 amide bonds. The quantitative estimate of drug-likeness (QED) is 0.312. The van der Waals surface area contributed by atoms with Gasteiger partial charge in [-0.05, 0) is 0 Å². The Morgan fingerprint density at radius 1 is 0.700 bits per heavy atom. The summed E-state index contributed by atoms with van der Waals surface area (Å²) in [6, 6.07) is 0. The average molecular weight is 214 g/mol. The van der Waals surface area contributed by atoms with E-state index in [4.69, 9.17) is 15.8 Å². The van der Waals surface area contributed by atoms with E-state index in [0.717, 1.165) is 0 Å². The normalized spacial score (nSPS) is 2.10. The molecule has 0 saturated heterocycles. The molecule has 0 fully saturated rings. The number of nitriles is 3. The largest absolute Gasteiger partial charge is 2.00 e. The van der Waals surface area contributed by atoms with Crippen molar-refractivity contribution < 1.29 is 0 Å². The van der Waals surface area contributed by atoms with Gasteiger partial charge in [0.25, 0.3) is 0 Å². The minimum atomic E-state index is 0. The predicted octanol–water partition coefficient (Wildman–Crippen LogP) is -0.338. The molecule has 7 heteroatoms. The molecule has 0 bridgehead atoms. The molecule has 0 saturated carbocycles. The summed E-state index contributed by atoms with van der Waals surface area (Å²) in [7, 11) is 0. The summed E-state index contributed by atoms with van der Waals surface area (Å²) in [4.78, 5) is 0. The van der Waals surface area contributed by atoms with Crippen molar-refractivity contribution >= 4 is 75.6 Å². The van der Waals surface area contributed by atoms with Crippen LogP contribution >= 0.6 is 0 Å². The summed E-state index contributed by atoms with van der Waals surface area (Å²) in [5.41, 5.74) is 0. The van der Waals surface area contributed by atoms with E-state index in [2.05, 4.69) is 37.9 Å². The van der Waals surface area contributed by atoms with Gasteiger partial charge in [0, 0.05) is 0 Å². The number of thiocyanates is 3. The molecule has 0 unspecified atom stereocenters. The van der Waals surface area contributed by atoms with Crippen LogP contribution in [0.4, 0.5) is 0 Å². The maximum atomic E-state index is 7.13. The van der Waals surface area contributed by atoms with E-state index in [1.807, 2.05) is 0 Å². The first-order valence-corrected chi connectivity index (χ1v) is 2.51. The maximum absolute atomic E-state index is 7.13. The molecule has 0 spiro atoms. The standard InChI is InChI=1S/3CHNS.Ca/c3*2-1-3;/h3*3H;/q;;;+2/p-3. The molecular formula is C3CaN3S3-. The Balaban J connectivity index is -0.0000000257. The Bertz CT molecular complexity index is 112. The third kappa shape index (κ3) is 3020. The molecule has 0 aliphatic heterocycles. The Morgan fingerprint density at radius 3 is 0.700 bits per heavy atom. The summed E-state index contributed by atoms with van der Waals surface area (Å²) in [6.45, 7) is 0. The van der Waals surface area contributed by atoms with Crippen molar-refractivity contribution in [2.24, 2.45) is 0 Å². The Labute approximate surface area is 106 Å². The fourth-order valence-corrected chi connectivity index (χ4v) is 0. The Hall–Kier alpha value is 0.390. The molecule has 0 aliphatic rings. The van der Waals surface area contributed by atoms with Crippen molar-refractivity contribution in [3.8, 4) is 16.2 Å². The molecule has 0 heterocycles. The molecule has 0 N–H and O–H groups in total. The summed E-state index contributed by atoms with van der Waals surface area (Å²) in [5.74, 6) is 0. The molecule has 0 atom stereocenters. The second kappa shape index (κ2) is 57.5. The molecule has 0 aromatic rings. The molecule has 0 aromatic carbocycles. The SMILES string of the molecule is N#C[S-].N#C[S-].N#C[S-].[Ca+2]. The number of rotatable bonds is 0. The van der Waals surface area contributed by atoms with Crippen molar-refractivity contribution in [2.75, 3.05) is 0 Å². The van der Waals surface area contributed by atoms with Gasteiger partial charge in [0.1, 0.15) is 0 Å². The van der Waals surface area contributed by atoms with Crippen molar-refractivity contribution in [1.82, 2.24) is 0 Å². The van der Waals surface area contributed by atoms with Gasteiger partial charge in [-0.2, -0.15) is 0 Å². The molecule has 0 aliphatic carbocycles. The molecule has 10 heavy (non-hydrogen) atoms. The number of nitrogens with zero attached hydrogens (tertiary/aromatic N) is 3. The predicted molar refractivity (Wildman–Crippen MR) is 44.7 cm³/mol. The fourth-order valence-electron chi connectivity index (χ4n) is 0. The smallest absolute Gasteiger partial charge is 0.696 e. The van der Waals surface area contributed by atoms with E-state index in [-0.39, 0.29) is 37.7 Å². The van der Waals surface area contributed by atoms with E-state index in [1.54, 1.807) is 0 Å². The molecular weight excluding hydrogens is 214 g/mol. The van der Waals surface area contributed by atoms with Crippen LogP contribution in [0.3, 0.4) is 0 Å². The third-order valence-corrected chi connectivity index (χ3v) is 0. The van der Waals surface area contributed by atoms with Gasteiger partial charge in [0.05, 0.1) is 0 Å². The molecule has 0 rings (SSSR count). The second-order valence-electron chi connectivity index (χ2n) is 0.274. The summed E-state index contributed by atoms with van der Waals surface area (Å²) in [5, 5.41) is 25.4. The zero-order chi connectivity index (χ0) is 8.12. The second-order valence-corrected chi connectivity index (χ2v) is 0.822. The van der Waals surface area contributed by atoms with Gasteiger partial charge in [-0.3, -0.25) is 0 Å². The van der Waals surface area contributed by atoms with E-state index < -0.39 is 0 Å². The Kier molecular flexibility index (Phi) is 129. The molecule has 3 nitrogen and oxygen atoms in total. The minimum absolute atomic E-state index is 0. The van der Waals surface area contributed by atoms with Crippen LogP contribution in [0, 0.1) is 32.0 Å². The molecule has 0 radical (unpaired) electrons. The fraction of sp³-hybridized carbons (Fsp3) is 0. The first kappa shape index (κ1) is 22.4. The van der Waals surface area contributed by atoms with Crippen molar-refractivity contribution in [1.29, 1.82) is 15.8 Å². The minimum Gasteiger partial charge on any atom is -0.696 e. The van der Waals surface area contributed by atoms with Crippen LogP contribution in [0.15, 0.2) is 0 Å². The average Bonchev–Trinajstić information content (AvgIpc) is 1.70. The van der Waals surface area contributed by atoms with Crippen LogP contribution in [-0.2, 0) is 37.9 Å². The van der Waals surface area contributed by atoms with Crippen LogP contribution in [0.5, 0.6) is 0 Å². The van der Waals surface area contributed by atoms with Crippen LogP contribution in [0.2, 0.25) is 0 Å². The third-order valence-electron chi connectivity index (χ3n) is 0. The van der Waals surface area contributed by atoms with Crippen molar-refractivity contribution in [3.63, 3.8) is 0 Å². The van der Waals surface area contributed by atoms with Gasteiger partial charge in [-0.1, -0.05) is 16.2 Å². The van der Waals surface area contributed by atoms with Crippen LogP contribution in [-0.4, -0.2) is 37.7 Å². The van der Waals surface area contributed by atoms with Crippen LogP contribution in [0.25, 0.3) is 0 Å². The van der Waals surface area contributed by atoms with Gasteiger partial charge >= 0.3 is 37.7 Å². The monoisotopic (exact) mass is 214 g/mol. The topological polar surface area (TPSA) is 71.4 Å². The first-order chi connectivity index (χ1) is 4.24. The van der Waals surface area contributed by atoms with E-state index in [0.29, 0.717) is 0 Å². The number of hydrogen-bond acceptors (Lipinski definition) is 6.